The normalized spacial score (nSPS) is 13.8. The zero-order valence-corrected chi connectivity index (χ0v) is 16.9. The molecular formula is C20H27FN4O3. The molecule has 0 saturated heterocycles. The van der Waals surface area contributed by atoms with Gasteiger partial charge in [-0.05, 0) is 38.5 Å². The number of halogens is 1. The van der Waals surface area contributed by atoms with E-state index < -0.39 is 5.67 Å². The number of ether oxygens (including phenoxy) is 1. The van der Waals surface area contributed by atoms with Crippen molar-refractivity contribution in [1.82, 2.24) is 20.5 Å². The van der Waals surface area contributed by atoms with E-state index in [1.54, 1.807) is 30.3 Å². The van der Waals surface area contributed by atoms with Gasteiger partial charge >= 0.3 is 0 Å². The monoisotopic (exact) mass is 390 g/mol. The summed E-state index contributed by atoms with van der Waals surface area (Å²) < 4.78 is 19.0. The van der Waals surface area contributed by atoms with Crippen LogP contribution in [0.5, 0.6) is 5.88 Å². The second kappa shape index (κ2) is 8.86. The molecule has 0 aliphatic carbocycles. The van der Waals surface area contributed by atoms with Crippen molar-refractivity contribution in [3.8, 4) is 5.88 Å². The topological polar surface area (TPSA) is 83.6 Å². The second-order valence-corrected chi connectivity index (χ2v) is 7.41. The van der Waals surface area contributed by atoms with E-state index in [4.69, 9.17) is 4.74 Å². The Morgan fingerprint density at radius 2 is 2.14 bits per heavy atom. The van der Waals surface area contributed by atoms with Gasteiger partial charge in [0.25, 0.3) is 5.91 Å². The van der Waals surface area contributed by atoms with Crippen LogP contribution in [-0.2, 0) is 16.1 Å². The first kappa shape index (κ1) is 21.4. The zero-order valence-electron chi connectivity index (χ0n) is 16.9. The smallest absolute Gasteiger partial charge is 0.253 e. The molecule has 1 aromatic rings. The highest BCUT2D eigenvalue weighted by atomic mass is 19.1. The first-order valence-electron chi connectivity index (χ1n) is 9.01. The Morgan fingerprint density at radius 3 is 2.75 bits per heavy atom. The average molecular weight is 390 g/mol. The Kier molecular flexibility index (Phi) is 6.77. The molecule has 2 rings (SSSR count). The number of amides is 2. The van der Waals surface area contributed by atoms with Crippen LogP contribution < -0.4 is 15.4 Å². The van der Waals surface area contributed by atoms with Crippen LogP contribution in [0.1, 0.15) is 31.9 Å². The summed E-state index contributed by atoms with van der Waals surface area (Å²) in [6.07, 6.45) is 5.00. The standard InChI is InChI=1S/C20H27FN4O3/c1-13-8-15(10-23-18(13)28-12-20(3,4)21)11-25(5)19(27)16-6-7-22-17(9-16)24-14(2)26/h6,8-10,22H,7,11-12H2,1-5H3,(H,24,26). The predicted molar refractivity (Wildman–Crippen MR) is 104 cm³/mol. The molecule has 2 heterocycles. The first-order chi connectivity index (χ1) is 13.0. The summed E-state index contributed by atoms with van der Waals surface area (Å²) in [5.74, 6) is 0.510. The number of carbonyl (C=O) groups excluding carboxylic acids is 2. The Balaban J connectivity index is 2.02. The molecule has 2 N–H and O–H groups in total. The van der Waals surface area contributed by atoms with Crippen LogP contribution >= 0.6 is 0 Å². The van der Waals surface area contributed by atoms with Crippen molar-refractivity contribution < 1.29 is 18.7 Å². The fourth-order valence-corrected chi connectivity index (χ4v) is 2.62. The molecule has 2 amide bonds. The summed E-state index contributed by atoms with van der Waals surface area (Å²) in [7, 11) is 1.70. The van der Waals surface area contributed by atoms with E-state index in [0.717, 1.165) is 11.1 Å². The number of aromatic nitrogens is 1. The third-order valence-corrected chi connectivity index (χ3v) is 3.88. The fraction of sp³-hybridized carbons (Fsp3) is 0.450. The van der Waals surface area contributed by atoms with Crippen molar-refractivity contribution in [1.29, 1.82) is 0 Å². The maximum atomic E-state index is 13.6. The number of aryl methyl sites for hydroxylation is 1. The molecule has 0 unspecified atom stereocenters. The van der Waals surface area contributed by atoms with E-state index in [1.165, 1.54) is 20.8 Å². The molecule has 28 heavy (non-hydrogen) atoms. The maximum absolute atomic E-state index is 13.6. The van der Waals surface area contributed by atoms with Crippen LogP contribution in [0, 0.1) is 6.92 Å². The quantitative estimate of drug-likeness (QED) is 0.744. The van der Waals surface area contributed by atoms with Crippen molar-refractivity contribution in [3.05, 3.63) is 46.9 Å². The summed E-state index contributed by atoms with van der Waals surface area (Å²) in [4.78, 5) is 29.7. The van der Waals surface area contributed by atoms with Crippen molar-refractivity contribution in [3.63, 3.8) is 0 Å². The molecule has 8 heteroatoms. The zero-order chi connectivity index (χ0) is 20.9. The highest BCUT2D eigenvalue weighted by Gasteiger charge is 2.19. The first-order valence-corrected chi connectivity index (χ1v) is 9.01. The molecule has 1 aliphatic rings. The minimum Gasteiger partial charge on any atom is -0.474 e. The van der Waals surface area contributed by atoms with Gasteiger partial charge in [-0.25, -0.2) is 9.37 Å². The van der Waals surface area contributed by atoms with Gasteiger partial charge in [0.2, 0.25) is 11.8 Å². The van der Waals surface area contributed by atoms with E-state index >= 15 is 0 Å². The number of dihydropyridines is 1. The van der Waals surface area contributed by atoms with Crippen molar-refractivity contribution in [2.75, 3.05) is 20.2 Å². The van der Waals surface area contributed by atoms with Gasteiger partial charge < -0.3 is 20.3 Å². The number of nitrogens with zero attached hydrogens (tertiary/aromatic N) is 2. The van der Waals surface area contributed by atoms with Gasteiger partial charge in [0.1, 0.15) is 18.1 Å². The van der Waals surface area contributed by atoms with Gasteiger partial charge in [0, 0.05) is 44.4 Å². The predicted octanol–water partition coefficient (Wildman–Crippen LogP) is 1.98. The van der Waals surface area contributed by atoms with E-state index in [9.17, 15) is 14.0 Å². The van der Waals surface area contributed by atoms with Crippen LogP contribution in [0.2, 0.25) is 0 Å². The largest absolute Gasteiger partial charge is 0.474 e. The van der Waals surface area contributed by atoms with Gasteiger partial charge in [0.05, 0.1) is 0 Å². The minimum atomic E-state index is -1.44. The number of hydrogen-bond acceptors (Lipinski definition) is 5. The summed E-state index contributed by atoms with van der Waals surface area (Å²) >= 11 is 0. The Morgan fingerprint density at radius 1 is 1.43 bits per heavy atom. The molecule has 0 saturated carbocycles. The number of rotatable bonds is 7. The molecule has 0 fully saturated rings. The van der Waals surface area contributed by atoms with Crippen molar-refractivity contribution in [2.45, 2.75) is 39.9 Å². The van der Waals surface area contributed by atoms with E-state index in [2.05, 4.69) is 15.6 Å². The summed E-state index contributed by atoms with van der Waals surface area (Å²) in [5.41, 5.74) is 0.670. The molecule has 1 aromatic heterocycles. The van der Waals surface area contributed by atoms with E-state index in [1.807, 2.05) is 13.0 Å². The van der Waals surface area contributed by atoms with Gasteiger partial charge in [0.15, 0.2) is 0 Å². The molecule has 0 atom stereocenters. The molecule has 0 spiro atoms. The molecule has 7 nitrogen and oxygen atoms in total. The number of carbonyl (C=O) groups is 2. The van der Waals surface area contributed by atoms with Crippen LogP contribution in [0.4, 0.5) is 4.39 Å². The second-order valence-electron chi connectivity index (χ2n) is 7.41. The minimum absolute atomic E-state index is 0.0796. The van der Waals surface area contributed by atoms with Crippen molar-refractivity contribution >= 4 is 11.8 Å². The molecule has 152 valence electrons. The number of nitrogens with one attached hydrogen (secondary N) is 2. The van der Waals surface area contributed by atoms with E-state index in [0.29, 0.717) is 30.4 Å². The molecule has 0 bridgehead atoms. The van der Waals surface area contributed by atoms with Gasteiger partial charge in [-0.2, -0.15) is 0 Å². The number of likely N-dealkylation sites (N-methyl/N-ethyl adjacent to an activating group) is 1. The highest BCUT2D eigenvalue weighted by Crippen LogP contribution is 2.19. The van der Waals surface area contributed by atoms with Crippen LogP contribution in [0.25, 0.3) is 0 Å². The molecular weight excluding hydrogens is 363 g/mol. The Labute approximate surface area is 164 Å². The van der Waals surface area contributed by atoms with Crippen LogP contribution in [-0.4, -0.2) is 47.6 Å². The maximum Gasteiger partial charge on any atom is 0.253 e. The van der Waals surface area contributed by atoms with Gasteiger partial charge in [-0.3, -0.25) is 9.59 Å². The summed E-state index contributed by atoms with van der Waals surface area (Å²) in [6.45, 7) is 6.86. The SMILES string of the molecule is CC(=O)NC1=CC(C(=O)N(C)Cc2cnc(OCC(C)(C)F)c(C)c2)=CCN1. The summed E-state index contributed by atoms with van der Waals surface area (Å²) in [5, 5.41) is 5.63. The molecule has 1 aliphatic heterocycles. The lowest BCUT2D eigenvalue weighted by molar-refractivity contribution is -0.126. The Hall–Kier alpha value is -2.90. The lowest BCUT2D eigenvalue weighted by atomic mass is 10.1. The number of pyridine rings is 1. The fourth-order valence-electron chi connectivity index (χ4n) is 2.62. The average Bonchev–Trinajstić information content (AvgIpc) is 2.59. The highest BCUT2D eigenvalue weighted by molar-refractivity contribution is 5.96. The lowest BCUT2D eigenvalue weighted by Crippen LogP contribution is -2.35. The Bertz CT molecular complexity index is 812. The molecule has 0 aromatic carbocycles. The number of alkyl halides is 1. The third-order valence-electron chi connectivity index (χ3n) is 3.88. The lowest BCUT2D eigenvalue weighted by Gasteiger charge is -2.21. The van der Waals surface area contributed by atoms with Gasteiger partial charge in [-0.15, -0.1) is 0 Å². The molecule has 0 radical (unpaired) electrons. The third kappa shape index (κ3) is 6.37. The van der Waals surface area contributed by atoms with Crippen molar-refractivity contribution in [2.24, 2.45) is 0 Å². The van der Waals surface area contributed by atoms with E-state index in [-0.39, 0.29) is 18.4 Å². The van der Waals surface area contributed by atoms with Crippen LogP contribution in [0.15, 0.2) is 35.8 Å². The van der Waals surface area contributed by atoms with Gasteiger partial charge in [-0.1, -0.05) is 6.08 Å². The van der Waals surface area contributed by atoms with Crippen LogP contribution in [0.3, 0.4) is 0 Å². The summed E-state index contributed by atoms with van der Waals surface area (Å²) in [6, 6.07) is 1.87. The number of hydrogen-bond donors (Lipinski definition) is 2.